The lowest BCUT2D eigenvalue weighted by Crippen LogP contribution is -2.16. The first-order chi connectivity index (χ1) is 9.81. The standard InChI is InChI=1S/C16H17BrFN3/c1-9-6-10(2)8-11(7-9)21(3)13-5-4-12(16(19)20)14(17)15(13)18/h4-8H,1-3H3,(H3,19,20). The van der Waals surface area contributed by atoms with Crippen molar-refractivity contribution in [2.45, 2.75) is 13.8 Å². The second-order valence-corrected chi connectivity index (χ2v) is 5.87. The number of aryl methyl sites for hydroxylation is 2. The van der Waals surface area contributed by atoms with Crippen LogP contribution in [0.4, 0.5) is 15.8 Å². The molecular formula is C16H17BrFN3. The van der Waals surface area contributed by atoms with Gasteiger partial charge in [0.15, 0.2) is 5.82 Å². The number of nitrogens with two attached hydrogens (primary N) is 1. The summed E-state index contributed by atoms with van der Waals surface area (Å²) < 4.78 is 14.7. The van der Waals surface area contributed by atoms with E-state index in [0.717, 1.165) is 16.8 Å². The van der Waals surface area contributed by atoms with Crippen molar-refractivity contribution in [2.24, 2.45) is 5.73 Å². The highest BCUT2D eigenvalue weighted by atomic mass is 79.9. The minimum absolute atomic E-state index is 0.165. The largest absolute Gasteiger partial charge is 0.384 e. The number of hydrogen-bond acceptors (Lipinski definition) is 2. The molecule has 0 bridgehead atoms. The Balaban J connectivity index is 2.51. The second kappa shape index (κ2) is 5.85. The van der Waals surface area contributed by atoms with Crippen LogP contribution in [0.5, 0.6) is 0 Å². The Morgan fingerprint density at radius 1 is 1.19 bits per heavy atom. The highest BCUT2D eigenvalue weighted by Crippen LogP contribution is 2.33. The van der Waals surface area contributed by atoms with Gasteiger partial charge >= 0.3 is 0 Å². The molecule has 0 heterocycles. The molecule has 2 aromatic carbocycles. The van der Waals surface area contributed by atoms with E-state index in [9.17, 15) is 4.39 Å². The Morgan fingerprint density at radius 2 is 1.76 bits per heavy atom. The first-order valence-electron chi connectivity index (χ1n) is 6.45. The molecule has 3 N–H and O–H groups in total. The lowest BCUT2D eigenvalue weighted by molar-refractivity contribution is 0.620. The first kappa shape index (κ1) is 15.5. The minimum atomic E-state index is -0.427. The zero-order valence-electron chi connectivity index (χ0n) is 12.2. The van der Waals surface area contributed by atoms with E-state index >= 15 is 0 Å². The van der Waals surface area contributed by atoms with E-state index in [0.29, 0.717) is 11.3 Å². The Labute approximate surface area is 132 Å². The van der Waals surface area contributed by atoms with Crippen molar-refractivity contribution in [1.29, 1.82) is 5.41 Å². The molecule has 0 saturated heterocycles. The molecule has 2 rings (SSSR count). The molecular weight excluding hydrogens is 333 g/mol. The summed E-state index contributed by atoms with van der Waals surface area (Å²) in [7, 11) is 1.81. The number of amidine groups is 1. The summed E-state index contributed by atoms with van der Waals surface area (Å²) in [4.78, 5) is 1.78. The molecule has 0 amide bonds. The zero-order chi connectivity index (χ0) is 15.7. The third kappa shape index (κ3) is 3.08. The molecule has 0 unspecified atom stereocenters. The fourth-order valence-electron chi connectivity index (χ4n) is 2.29. The lowest BCUT2D eigenvalue weighted by atomic mass is 10.1. The topological polar surface area (TPSA) is 53.1 Å². The van der Waals surface area contributed by atoms with Crippen LogP contribution in [0.1, 0.15) is 16.7 Å². The smallest absolute Gasteiger partial charge is 0.161 e. The van der Waals surface area contributed by atoms with Crippen molar-refractivity contribution in [2.75, 3.05) is 11.9 Å². The van der Waals surface area contributed by atoms with Gasteiger partial charge in [-0.1, -0.05) is 6.07 Å². The molecule has 0 radical (unpaired) electrons. The van der Waals surface area contributed by atoms with Crippen molar-refractivity contribution in [3.63, 3.8) is 0 Å². The molecule has 0 fully saturated rings. The van der Waals surface area contributed by atoms with E-state index in [1.54, 1.807) is 17.0 Å². The molecule has 2 aromatic rings. The van der Waals surface area contributed by atoms with E-state index in [-0.39, 0.29) is 10.3 Å². The van der Waals surface area contributed by atoms with Gasteiger partial charge in [0.25, 0.3) is 0 Å². The number of halogens is 2. The molecule has 0 atom stereocenters. The normalized spacial score (nSPS) is 10.5. The Hall–Kier alpha value is -1.88. The van der Waals surface area contributed by atoms with Gasteiger partial charge in [0.1, 0.15) is 5.84 Å². The SMILES string of the molecule is Cc1cc(C)cc(N(C)c2ccc(C(=N)N)c(Br)c2F)c1. The fraction of sp³-hybridized carbons (Fsp3) is 0.188. The van der Waals surface area contributed by atoms with Gasteiger partial charge in [-0.15, -0.1) is 0 Å². The highest BCUT2D eigenvalue weighted by Gasteiger charge is 2.16. The average molecular weight is 350 g/mol. The van der Waals surface area contributed by atoms with E-state index in [1.165, 1.54) is 0 Å². The molecule has 3 nitrogen and oxygen atoms in total. The third-order valence-corrected chi connectivity index (χ3v) is 4.08. The molecule has 0 aliphatic carbocycles. The number of hydrogen-bond donors (Lipinski definition) is 2. The summed E-state index contributed by atoms with van der Waals surface area (Å²) in [5.41, 5.74) is 9.37. The van der Waals surface area contributed by atoms with Gasteiger partial charge in [-0.25, -0.2) is 4.39 Å². The number of nitrogens with zero attached hydrogens (tertiary/aromatic N) is 1. The number of anilines is 2. The first-order valence-corrected chi connectivity index (χ1v) is 7.25. The van der Waals surface area contributed by atoms with Crippen molar-refractivity contribution in [3.8, 4) is 0 Å². The third-order valence-electron chi connectivity index (χ3n) is 3.31. The molecule has 5 heteroatoms. The van der Waals surface area contributed by atoms with E-state index in [4.69, 9.17) is 11.1 Å². The highest BCUT2D eigenvalue weighted by molar-refractivity contribution is 9.10. The fourth-order valence-corrected chi connectivity index (χ4v) is 2.84. The molecule has 0 aliphatic rings. The van der Waals surface area contributed by atoms with Crippen LogP contribution in [-0.2, 0) is 0 Å². The predicted octanol–water partition coefficient (Wildman–Crippen LogP) is 4.26. The summed E-state index contributed by atoms with van der Waals surface area (Å²) in [6, 6.07) is 9.35. The molecule has 0 spiro atoms. The summed E-state index contributed by atoms with van der Waals surface area (Å²) >= 11 is 3.18. The number of nitrogens with one attached hydrogen (secondary N) is 1. The molecule has 0 aliphatic heterocycles. The van der Waals surface area contributed by atoms with Crippen LogP contribution < -0.4 is 10.6 Å². The Bertz CT molecular complexity index is 693. The van der Waals surface area contributed by atoms with Crippen LogP contribution in [0, 0.1) is 25.1 Å². The van der Waals surface area contributed by atoms with Gasteiger partial charge in [0, 0.05) is 18.3 Å². The van der Waals surface area contributed by atoms with Gasteiger partial charge in [0.05, 0.1) is 10.2 Å². The molecule has 0 saturated carbocycles. The average Bonchev–Trinajstić information content (AvgIpc) is 2.39. The zero-order valence-corrected chi connectivity index (χ0v) is 13.8. The summed E-state index contributed by atoms with van der Waals surface area (Å²) in [5.74, 6) is -0.592. The maximum absolute atomic E-state index is 14.5. The summed E-state index contributed by atoms with van der Waals surface area (Å²) in [5, 5.41) is 7.44. The monoisotopic (exact) mass is 349 g/mol. The van der Waals surface area contributed by atoms with Crippen LogP contribution in [0.25, 0.3) is 0 Å². The minimum Gasteiger partial charge on any atom is -0.384 e. The molecule has 110 valence electrons. The van der Waals surface area contributed by atoms with Crippen LogP contribution >= 0.6 is 15.9 Å². The number of nitrogen functional groups attached to an aromatic ring is 1. The summed E-state index contributed by atoms with van der Waals surface area (Å²) in [6.45, 7) is 4.02. The Kier molecular flexibility index (Phi) is 4.32. The molecule has 21 heavy (non-hydrogen) atoms. The van der Waals surface area contributed by atoms with Crippen molar-refractivity contribution >= 4 is 33.1 Å². The van der Waals surface area contributed by atoms with Crippen LogP contribution in [0.2, 0.25) is 0 Å². The van der Waals surface area contributed by atoms with Gasteiger partial charge in [0.2, 0.25) is 0 Å². The van der Waals surface area contributed by atoms with Crippen LogP contribution in [0.3, 0.4) is 0 Å². The van der Waals surface area contributed by atoms with Crippen LogP contribution in [0.15, 0.2) is 34.8 Å². The van der Waals surface area contributed by atoms with Crippen molar-refractivity contribution in [1.82, 2.24) is 0 Å². The number of benzene rings is 2. The van der Waals surface area contributed by atoms with Gasteiger partial charge < -0.3 is 10.6 Å². The predicted molar refractivity (Wildman–Crippen MR) is 89.1 cm³/mol. The summed E-state index contributed by atoms with van der Waals surface area (Å²) in [6.07, 6.45) is 0. The van der Waals surface area contributed by atoms with Crippen molar-refractivity contribution in [3.05, 3.63) is 57.3 Å². The maximum Gasteiger partial charge on any atom is 0.161 e. The van der Waals surface area contributed by atoms with Gasteiger partial charge in [-0.2, -0.15) is 0 Å². The quantitative estimate of drug-likeness (QED) is 0.642. The molecule has 0 aromatic heterocycles. The van der Waals surface area contributed by atoms with E-state index in [2.05, 4.69) is 22.0 Å². The van der Waals surface area contributed by atoms with Gasteiger partial charge in [-0.05, 0) is 65.2 Å². The Morgan fingerprint density at radius 3 is 2.29 bits per heavy atom. The van der Waals surface area contributed by atoms with E-state index < -0.39 is 5.82 Å². The van der Waals surface area contributed by atoms with E-state index in [1.807, 2.05) is 33.0 Å². The van der Waals surface area contributed by atoms with Gasteiger partial charge in [-0.3, -0.25) is 5.41 Å². The maximum atomic E-state index is 14.5. The van der Waals surface area contributed by atoms with Crippen LogP contribution in [-0.4, -0.2) is 12.9 Å². The van der Waals surface area contributed by atoms with Crippen molar-refractivity contribution < 1.29 is 4.39 Å². The number of rotatable bonds is 3. The second-order valence-electron chi connectivity index (χ2n) is 5.08. The lowest BCUT2D eigenvalue weighted by Gasteiger charge is -2.22.